The Morgan fingerprint density at radius 2 is 1.60 bits per heavy atom. The number of carbonyl (C=O) groups is 1. The molecule has 2 amide bonds. The van der Waals surface area contributed by atoms with Crippen LogP contribution in [0.2, 0.25) is 5.02 Å². The van der Waals surface area contributed by atoms with E-state index in [4.69, 9.17) is 26.2 Å². The quantitative estimate of drug-likeness (QED) is 0.256. The predicted molar refractivity (Wildman–Crippen MR) is 138 cm³/mol. The average Bonchev–Trinajstić information content (AvgIpc) is 3.35. The highest BCUT2D eigenvalue weighted by Crippen LogP contribution is 2.37. The Bertz CT molecular complexity index is 1350. The number of rotatable bonds is 5. The van der Waals surface area contributed by atoms with Crippen molar-refractivity contribution < 1.29 is 13.9 Å². The molecule has 0 radical (unpaired) electrons. The third kappa shape index (κ3) is 4.64. The Labute approximate surface area is 207 Å². The van der Waals surface area contributed by atoms with Crippen LogP contribution >= 0.6 is 11.6 Å². The maximum atomic E-state index is 12.4. The fourth-order valence-electron chi connectivity index (χ4n) is 3.88. The van der Waals surface area contributed by atoms with Gasteiger partial charge in [-0.1, -0.05) is 23.7 Å². The third-order valence-electron chi connectivity index (χ3n) is 5.62. The number of ether oxygens (including phenoxy) is 1. The molecule has 1 aliphatic rings. The minimum atomic E-state index is -0.376. The number of halogens is 1. The first-order valence-corrected chi connectivity index (χ1v) is 11.2. The number of fused-ring (bicyclic) bond motifs is 1. The lowest BCUT2D eigenvalue weighted by molar-refractivity contribution is 0.262. The lowest BCUT2D eigenvalue weighted by Gasteiger charge is -2.38. The van der Waals surface area contributed by atoms with Crippen molar-refractivity contribution in [1.29, 1.82) is 5.41 Å². The monoisotopic (exact) mass is 487 g/mol. The highest BCUT2D eigenvalue weighted by atomic mass is 35.5. The molecule has 8 nitrogen and oxygen atoms in total. The first-order chi connectivity index (χ1) is 17.0. The van der Waals surface area contributed by atoms with Gasteiger partial charge in [-0.05, 0) is 72.3 Å². The topological polar surface area (TPSA) is 103 Å². The summed E-state index contributed by atoms with van der Waals surface area (Å²) in [5.74, 6) is 1.59. The second-order valence-corrected chi connectivity index (χ2v) is 8.27. The molecule has 5 rings (SSSR count). The molecule has 1 unspecified atom stereocenters. The largest absolute Gasteiger partial charge is 0.497 e. The summed E-state index contributed by atoms with van der Waals surface area (Å²) >= 11 is 5.89. The van der Waals surface area contributed by atoms with Crippen LogP contribution in [-0.4, -0.2) is 19.0 Å². The molecular weight excluding hydrogens is 466 g/mol. The molecule has 0 fully saturated rings. The average molecular weight is 488 g/mol. The highest BCUT2D eigenvalue weighted by Gasteiger charge is 2.33. The van der Waals surface area contributed by atoms with Crippen molar-refractivity contribution in [2.24, 2.45) is 0 Å². The molecule has 176 valence electrons. The van der Waals surface area contributed by atoms with Crippen LogP contribution in [0.1, 0.15) is 17.3 Å². The van der Waals surface area contributed by atoms with Crippen LogP contribution in [-0.2, 0) is 0 Å². The number of methoxy groups -OCH3 is 1. The van der Waals surface area contributed by atoms with E-state index >= 15 is 0 Å². The minimum Gasteiger partial charge on any atom is -0.497 e. The molecule has 1 atom stereocenters. The normalized spacial score (nSPS) is 14.6. The van der Waals surface area contributed by atoms with Gasteiger partial charge >= 0.3 is 6.03 Å². The van der Waals surface area contributed by atoms with E-state index in [1.807, 2.05) is 41.3 Å². The number of amides is 2. The van der Waals surface area contributed by atoms with Gasteiger partial charge in [0, 0.05) is 22.1 Å². The van der Waals surface area contributed by atoms with Crippen molar-refractivity contribution >= 4 is 46.4 Å². The molecule has 0 spiro atoms. The zero-order valence-electron chi connectivity index (χ0n) is 18.7. The number of hydrogen-bond donors (Lipinski definition) is 4. The van der Waals surface area contributed by atoms with Gasteiger partial charge in [0.2, 0.25) is 5.88 Å². The zero-order chi connectivity index (χ0) is 24.4. The summed E-state index contributed by atoms with van der Waals surface area (Å²) in [7, 11) is 1.62. The van der Waals surface area contributed by atoms with Crippen LogP contribution in [0.15, 0.2) is 89.5 Å². The van der Waals surface area contributed by atoms with E-state index in [1.54, 1.807) is 55.8 Å². The summed E-state index contributed by atoms with van der Waals surface area (Å²) in [6, 6.07) is 23.2. The van der Waals surface area contributed by atoms with Crippen LogP contribution in [0.3, 0.4) is 0 Å². The molecule has 0 aliphatic carbocycles. The van der Waals surface area contributed by atoms with E-state index in [9.17, 15) is 4.79 Å². The van der Waals surface area contributed by atoms with Crippen LogP contribution in [0.5, 0.6) is 5.75 Å². The van der Waals surface area contributed by atoms with Crippen molar-refractivity contribution in [3.63, 3.8) is 0 Å². The fourth-order valence-corrected chi connectivity index (χ4v) is 4.01. The van der Waals surface area contributed by atoms with Gasteiger partial charge in [0.25, 0.3) is 0 Å². The molecule has 1 aromatic heterocycles. The van der Waals surface area contributed by atoms with Gasteiger partial charge in [0.05, 0.1) is 18.9 Å². The van der Waals surface area contributed by atoms with Crippen molar-refractivity contribution in [2.75, 3.05) is 28.0 Å². The van der Waals surface area contributed by atoms with E-state index in [0.717, 1.165) is 17.0 Å². The molecule has 0 saturated heterocycles. The summed E-state index contributed by atoms with van der Waals surface area (Å²) in [6.07, 6.45) is 1.19. The Balaban J connectivity index is 1.37. The molecule has 35 heavy (non-hydrogen) atoms. The molecule has 9 heteroatoms. The summed E-state index contributed by atoms with van der Waals surface area (Å²) < 4.78 is 10.8. The molecule has 0 saturated carbocycles. The standard InChI is InChI=1S/C26H22ClN5O3/c1-34-21-12-2-16(3-13-21)24-31-25-22(14-15-35-25)23(28)32(24)20-10-8-19(9-11-20)30-26(33)29-18-6-4-17(27)5-7-18/h2-15,24,28,31H,1H3,(H2,29,30,33). The number of nitrogens with zero attached hydrogens (tertiary/aromatic N) is 1. The maximum Gasteiger partial charge on any atom is 0.323 e. The van der Waals surface area contributed by atoms with E-state index in [-0.39, 0.29) is 12.2 Å². The highest BCUT2D eigenvalue weighted by molar-refractivity contribution is 6.30. The van der Waals surface area contributed by atoms with Gasteiger partial charge in [0.1, 0.15) is 17.8 Å². The molecule has 1 aliphatic heterocycles. The molecular formula is C26H22ClN5O3. The molecule has 2 heterocycles. The summed E-state index contributed by atoms with van der Waals surface area (Å²) in [6.45, 7) is 0. The van der Waals surface area contributed by atoms with E-state index in [0.29, 0.717) is 33.7 Å². The number of amidine groups is 1. The maximum absolute atomic E-state index is 12.4. The van der Waals surface area contributed by atoms with Crippen molar-refractivity contribution in [3.05, 3.63) is 101 Å². The first-order valence-electron chi connectivity index (χ1n) is 10.8. The predicted octanol–water partition coefficient (Wildman–Crippen LogP) is 6.54. The van der Waals surface area contributed by atoms with Gasteiger partial charge < -0.3 is 30.0 Å². The Morgan fingerprint density at radius 3 is 2.23 bits per heavy atom. The van der Waals surface area contributed by atoms with Gasteiger partial charge in [-0.3, -0.25) is 5.41 Å². The molecule has 4 N–H and O–H groups in total. The van der Waals surface area contributed by atoms with Crippen LogP contribution < -0.4 is 25.6 Å². The van der Waals surface area contributed by atoms with E-state index < -0.39 is 0 Å². The van der Waals surface area contributed by atoms with Crippen molar-refractivity contribution in [1.82, 2.24) is 0 Å². The molecule has 0 bridgehead atoms. The van der Waals surface area contributed by atoms with Gasteiger partial charge in [-0.15, -0.1) is 0 Å². The summed E-state index contributed by atoms with van der Waals surface area (Å²) in [5.41, 5.74) is 3.62. The van der Waals surface area contributed by atoms with Crippen LogP contribution in [0.4, 0.5) is 27.7 Å². The second-order valence-electron chi connectivity index (χ2n) is 7.83. The lowest BCUT2D eigenvalue weighted by atomic mass is 10.1. The Hall–Kier alpha value is -4.43. The number of urea groups is 1. The first kappa shape index (κ1) is 22.4. The number of furan rings is 1. The fraction of sp³-hybridized carbons (Fsp3) is 0.0769. The van der Waals surface area contributed by atoms with Gasteiger partial charge in [-0.25, -0.2) is 4.79 Å². The van der Waals surface area contributed by atoms with Crippen LogP contribution in [0, 0.1) is 5.41 Å². The zero-order valence-corrected chi connectivity index (χ0v) is 19.5. The summed E-state index contributed by atoms with van der Waals surface area (Å²) in [5, 5.41) is 18.4. The lowest BCUT2D eigenvalue weighted by Crippen LogP contribution is -2.42. The van der Waals surface area contributed by atoms with Crippen molar-refractivity contribution in [2.45, 2.75) is 6.17 Å². The second kappa shape index (κ2) is 9.44. The van der Waals surface area contributed by atoms with E-state index in [2.05, 4.69) is 16.0 Å². The third-order valence-corrected chi connectivity index (χ3v) is 5.88. The van der Waals surface area contributed by atoms with Gasteiger partial charge in [-0.2, -0.15) is 0 Å². The Morgan fingerprint density at radius 1 is 0.971 bits per heavy atom. The number of benzene rings is 3. The van der Waals surface area contributed by atoms with Crippen molar-refractivity contribution in [3.8, 4) is 5.75 Å². The van der Waals surface area contributed by atoms with Gasteiger partial charge in [0.15, 0.2) is 0 Å². The van der Waals surface area contributed by atoms with Crippen LogP contribution in [0.25, 0.3) is 0 Å². The molecule has 3 aromatic carbocycles. The number of carbonyl (C=O) groups excluding carboxylic acids is 1. The molecule has 4 aromatic rings. The number of anilines is 4. The summed E-state index contributed by atoms with van der Waals surface area (Å²) in [4.78, 5) is 14.2. The Kier molecular flexibility index (Phi) is 6.03. The minimum absolute atomic E-state index is 0.300. The number of nitrogens with one attached hydrogen (secondary N) is 4. The SMILES string of the molecule is COc1ccc(C2Nc3occc3C(=N)N2c2ccc(NC(=O)Nc3ccc(Cl)cc3)cc2)cc1. The number of hydrogen-bond acceptors (Lipinski definition) is 5. The smallest absolute Gasteiger partial charge is 0.323 e. The van der Waals surface area contributed by atoms with E-state index in [1.165, 1.54) is 0 Å².